The first-order chi connectivity index (χ1) is 9.25. The van der Waals surface area contributed by atoms with Gasteiger partial charge in [-0.15, -0.1) is 0 Å². The summed E-state index contributed by atoms with van der Waals surface area (Å²) in [6.45, 7) is 4.38. The van der Waals surface area contributed by atoms with Gasteiger partial charge < -0.3 is 10.1 Å². The minimum Gasteiger partial charge on any atom is -0.465 e. The maximum absolute atomic E-state index is 11.5. The van der Waals surface area contributed by atoms with Gasteiger partial charge in [0, 0.05) is 6.54 Å². The molecule has 0 heterocycles. The Morgan fingerprint density at radius 3 is 2.68 bits per heavy atom. The van der Waals surface area contributed by atoms with Gasteiger partial charge in [-0.3, -0.25) is 4.79 Å². The Kier molecular flexibility index (Phi) is 5.40. The van der Waals surface area contributed by atoms with Crippen molar-refractivity contribution in [2.75, 3.05) is 13.2 Å². The van der Waals surface area contributed by atoms with E-state index in [1.54, 1.807) is 0 Å². The van der Waals surface area contributed by atoms with Gasteiger partial charge in [0.1, 0.15) is 0 Å². The van der Waals surface area contributed by atoms with Crippen LogP contribution in [-0.2, 0) is 16.1 Å². The van der Waals surface area contributed by atoms with Gasteiger partial charge in [-0.25, -0.2) is 0 Å². The molecule has 1 aliphatic carbocycles. The second kappa shape index (κ2) is 7.29. The lowest BCUT2D eigenvalue weighted by Crippen LogP contribution is -2.25. The fourth-order valence-electron chi connectivity index (χ4n) is 2.07. The first-order valence-electron chi connectivity index (χ1n) is 7.18. The van der Waals surface area contributed by atoms with Crippen LogP contribution >= 0.6 is 0 Å². The number of aryl methyl sites for hydroxylation is 1. The maximum atomic E-state index is 11.5. The van der Waals surface area contributed by atoms with Crippen molar-refractivity contribution in [1.29, 1.82) is 0 Å². The van der Waals surface area contributed by atoms with E-state index in [9.17, 15) is 4.79 Å². The van der Waals surface area contributed by atoms with Crippen LogP contribution < -0.4 is 5.32 Å². The number of nitrogens with one attached hydrogen (secondary N) is 1. The van der Waals surface area contributed by atoms with Crippen LogP contribution in [0.3, 0.4) is 0 Å². The van der Waals surface area contributed by atoms with Gasteiger partial charge in [-0.1, -0.05) is 36.2 Å². The lowest BCUT2D eigenvalue weighted by atomic mass is 9.86. The van der Waals surface area contributed by atoms with E-state index in [0.717, 1.165) is 32.4 Å². The summed E-state index contributed by atoms with van der Waals surface area (Å²) in [5.74, 6) is 0.199. The average molecular weight is 261 g/mol. The number of hydrogen-bond donors (Lipinski definition) is 1. The standard InChI is InChI=1S/C16H23NO2/c1-13-6-8-14(9-7-13)12-17-10-3-11-19-16(18)15-4-2-5-15/h6-9,15,17H,2-5,10-12H2,1H3. The molecule has 3 nitrogen and oxygen atoms in total. The monoisotopic (exact) mass is 261 g/mol. The van der Waals surface area contributed by atoms with E-state index in [0.29, 0.717) is 6.61 Å². The third-order valence-electron chi connectivity index (χ3n) is 3.63. The van der Waals surface area contributed by atoms with Gasteiger partial charge in [-0.05, 0) is 38.3 Å². The summed E-state index contributed by atoms with van der Waals surface area (Å²) in [4.78, 5) is 11.5. The van der Waals surface area contributed by atoms with Crippen molar-refractivity contribution in [2.45, 2.75) is 39.2 Å². The molecule has 0 radical (unpaired) electrons. The second-order valence-corrected chi connectivity index (χ2v) is 5.31. The molecule has 2 rings (SSSR count). The molecule has 1 N–H and O–H groups in total. The molecule has 0 aliphatic heterocycles. The van der Waals surface area contributed by atoms with E-state index < -0.39 is 0 Å². The molecule has 0 aromatic heterocycles. The molecule has 1 saturated carbocycles. The van der Waals surface area contributed by atoms with Crippen molar-refractivity contribution in [3.05, 3.63) is 35.4 Å². The number of rotatable bonds is 7. The van der Waals surface area contributed by atoms with Crippen molar-refractivity contribution in [3.63, 3.8) is 0 Å². The molecule has 19 heavy (non-hydrogen) atoms. The van der Waals surface area contributed by atoms with Crippen molar-refractivity contribution in [2.24, 2.45) is 5.92 Å². The lowest BCUT2D eigenvalue weighted by molar-refractivity contribution is -0.151. The first kappa shape index (κ1) is 14.1. The third-order valence-corrected chi connectivity index (χ3v) is 3.63. The molecule has 0 amide bonds. The van der Waals surface area contributed by atoms with E-state index >= 15 is 0 Å². The van der Waals surface area contributed by atoms with Crippen LogP contribution in [0.5, 0.6) is 0 Å². The summed E-state index contributed by atoms with van der Waals surface area (Å²) < 4.78 is 5.24. The molecule has 0 saturated heterocycles. The smallest absolute Gasteiger partial charge is 0.308 e. The largest absolute Gasteiger partial charge is 0.465 e. The van der Waals surface area contributed by atoms with Crippen LogP contribution in [0.4, 0.5) is 0 Å². The van der Waals surface area contributed by atoms with Gasteiger partial charge in [0.05, 0.1) is 12.5 Å². The zero-order chi connectivity index (χ0) is 13.5. The minimum atomic E-state index is 0.00443. The molecule has 0 atom stereocenters. The number of hydrogen-bond acceptors (Lipinski definition) is 3. The van der Waals surface area contributed by atoms with Crippen molar-refractivity contribution in [3.8, 4) is 0 Å². The van der Waals surface area contributed by atoms with Crippen LogP contribution in [0.2, 0.25) is 0 Å². The van der Waals surface area contributed by atoms with Gasteiger partial charge in [0.15, 0.2) is 0 Å². The Morgan fingerprint density at radius 2 is 2.05 bits per heavy atom. The van der Waals surface area contributed by atoms with Gasteiger partial charge >= 0.3 is 5.97 Å². The van der Waals surface area contributed by atoms with E-state index in [1.807, 2.05) is 0 Å². The zero-order valence-electron chi connectivity index (χ0n) is 11.7. The summed E-state index contributed by atoms with van der Waals surface area (Å²) in [5, 5.41) is 3.36. The van der Waals surface area contributed by atoms with Gasteiger partial charge in [0.2, 0.25) is 0 Å². The SMILES string of the molecule is Cc1ccc(CNCCCOC(=O)C2CCC2)cc1. The minimum absolute atomic E-state index is 0.00443. The summed E-state index contributed by atoms with van der Waals surface area (Å²) in [5.41, 5.74) is 2.57. The lowest BCUT2D eigenvalue weighted by Gasteiger charge is -2.23. The first-order valence-corrected chi connectivity index (χ1v) is 7.18. The summed E-state index contributed by atoms with van der Waals surface area (Å²) in [6, 6.07) is 8.52. The molecule has 0 spiro atoms. The molecule has 3 heteroatoms. The fraction of sp³-hybridized carbons (Fsp3) is 0.562. The Bertz CT molecular complexity index is 396. The average Bonchev–Trinajstić information content (AvgIpc) is 2.33. The third kappa shape index (κ3) is 4.67. The molecule has 0 bridgehead atoms. The highest BCUT2D eigenvalue weighted by Crippen LogP contribution is 2.27. The Balaban J connectivity index is 1.50. The van der Waals surface area contributed by atoms with Crippen LogP contribution in [0.1, 0.15) is 36.8 Å². The van der Waals surface area contributed by atoms with Crippen molar-refractivity contribution < 1.29 is 9.53 Å². The molecular formula is C16H23NO2. The number of carbonyl (C=O) groups excluding carboxylic acids is 1. The number of ether oxygens (including phenoxy) is 1. The Hall–Kier alpha value is -1.35. The Morgan fingerprint density at radius 1 is 1.32 bits per heavy atom. The topological polar surface area (TPSA) is 38.3 Å². The van der Waals surface area contributed by atoms with Crippen LogP contribution in [0.25, 0.3) is 0 Å². The second-order valence-electron chi connectivity index (χ2n) is 5.31. The van der Waals surface area contributed by atoms with Crippen molar-refractivity contribution in [1.82, 2.24) is 5.32 Å². The number of carbonyl (C=O) groups is 1. The van der Waals surface area contributed by atoms with Crippen LogP contribution in [-0.4, -0.2) is 19.1 Å². The van der Waals surface area contributed by atoms with Crippen LogP contribution in [0.15, 0.2) is 24.3 Å². The summed E-state index contributed by atoms with van der Waals surface area (Å²) in [7, 11) is 0. The molecule has 1 aromatic carbocycles. The van der Waals surface area contributed by atoms with Crippen LogP contribution in [0, 0.1) is 12.8 Å². The predicted molar refractivity (Wildman–Crippen MR) is 75.8 cm³/mol. The summed E-state index contributed by atoms with van der Waals surface area (Å²) in [6.07, 6.45) is 4.09. The van der Waals surface area contributed by atoms with Gasteiger partial charge in [-0.2, -0.15) is 0 Å². The summed E-state index contributed by atoms with van der Waals surface area (Å²) >= 11 is 0. The zero-order valence-corrected chi connectivity index (χ0v) is 11.7. The molecule has 0 unspecified atom stereocenters. The molecule has 104 valence electrons. The molecule has 1 fully saturated rings. The highest BCUT2D eigenvalue weighted by molar-refractivity contribution is 5.73. The number of esters is 1. The van der Waals surface area contributed by atoms with E-state index in [-0.39, 0.29) is 11.9 Å². The molecule has 1 aliphatic rings. The highest BCUT2D eigenvalue weighted by Gasteiger charge is 2.26. The van der Waals surface area contributed by atoms with E-state index in [2.05, 4.69) is 36.5 Å². The highest BCUT2D eigenvalue weighted by atomic mass is 16.5. The molecule has 1 aromatic rings. The normalized spacial score (nSPS) is 15.0. The van der Waals surface area contributed by atoms with E-state index in [4.69, 9.17) is 4.74 Å². The quantitative estimate of drug-likeness (QED) is 0.606. The van der Waals surface area contributed by atoms with Crippen molar-refractivity contribution >= 4 is 5.97 Å². The van der Waals surface area contributed by atoms with Gasteiger partial charge in [0.25, 0.3) is 0 Å². The maximum Gasteiger partial charge on any atom is 0.308 e. The fourth-order valence-corrected chi connectivity index (χ4v) is 2.07. The molecular weight excluding hydrogens is 238 g/mol. The Labute approximate surface area is 115 Å². The van der Waals surface area contributed by atoms with E-state index in [1.165, 1.54) is 17.5 Å². The predicted octanol–water partition coefficient (Wildman–Crippen LogP) is 2.82. The number of benzene rings is 1.